The van der Waals surface area contributed by atoms with Crippen LogP contribution in [0.5, 0.6) is 5.75 Å². The maximum absolute atomic E-state index is 5.72. The predicted molar refractivity (Wildman–Crippen MR) is 66.7 cm³/mol. The summed E-state index contributed by atoms with van der Waals surface area (Å²) in [4.78, 5) is 0. The average molecular weight is 219 g/mol. The van der Waals surface area contributed by atoms with Gasteiger partial charge in [-0.05, 0) is 48.9 Å². The molecule has 0 aromatic heterocycles. The molecule has 0 heterocycles. The highest BCUT2D eigenvalue weighted by molar-refractivity contribution is 5.30. The van der Waals surface area contributed by atoms with Gasteiger partial charge in [-0.15, -0.1) is 0 Å². The Kier molecular flexibility index (Phi) is 3.49. The second-order valence-electron chi connectivity index (χ2n) is 4.89. The van der Waals surface area contributed by atoms with Gasteiger partial charge in [-0.25, -0.2) is 0 Å². The number of ether oxygens (including phenoxy) is 1. The molecule has 0 bridgehead atoms. The van der Waals surface area contributed by atoms with Gasteiger partial charge in [-0.1, -0.05) is 26.0 Å². The lowest BCUT2D eigenvalue weighted by Crippen LogP contribution is -2.16. The molecular formula is C14H21NO. The van der Waals surface area contributed by atoms with Crippen LogP contribution in [0.2, 0.25) is 0 Å². The van der Waals surface area contributed by atoms with E-state index < -0.39 is 0 Å². The van der Waals surface area contributed by atoms with Crippen molar-refractivity contribution in [2.24, 2.45) is 11.7 Å². The summed E-state index contributed by atoms with van der Waals surface area (Å²) in [6.45, 7) is 5.16. The summed E-state index contributed by atoms with van der Waals surface area (Å²) in [5, 5.41) is 0. The van der Waals surface area contributed by atoms with Crippen LogP contribution in [-0.2, 0) is 0 Å². The van der Waals surface area contributed by atoms with Gasteiger partial charge in [-0.2, -0.15) is 0 Å². The van der Waals surface area contributed by atoms with E-state index in [1.54, 1.807) is 0 Å². The smallest absolute Gasteiger partial charge is 0.119 e. The van der Waals surface area contributed by atoms with Gasteiger partial charge in [0.05, 0.1) is 6.10 Å². The van der Waals surface area contributed by atoms with Crippen LogP contribution in [0, 0.1) is 5.92 Å². The zero-order chi connectivity index (χ0) is 11.5. The van der Waals surface area contributed by atoms with Crippen molar-refractivity contribution in [2.75, 3.05) is 6.54 Å². The Morgan fingerprint density at radius 3 is 2.38 bits per heavy atom. The molecule has 1 aromatic carbocycles. The van der Waals surface area contributed by atoms with Crippen molar-refractivity contribution >= 4 is 0 Å². The van der Waals surface area contributed by atoms with E-state index in [0.29, 0.717) is 17.9 Å². The Labute approximate surface area is 97.8 Å². The average Bonchev–Trinajstić information content (AvgIpc) is 3.12. The third kappa shape index (κ3) is 2.76. The van der Waals surface area contributed by atoms with Crippen molar-refractivity contribution in [1.82, 2.24) is 0 Å². The highest BCUT2D eigenvalue weighted by Crippen LogP contribution is 2.29. The van der Waals surface area contributed by atoms with Crippen molar-refractivity contribution in [3.05, 3.63) is 29.8 Å². The van der Waals surface area contributed by atoms with Crippen molar-refractivity contribution in [3.63, 3.8) is 0 Å². The predicted octanol–water partition coefficient (Wildman–Crippen LogP) is 2.93. The molecule has 1 saturated carbocycles. The van der Waals surface area contributed by atoms with Crippen LogP contribution in [0.15, 0.2) is 24.3 Å². The fourth-order valence-corrected chi connectivity index (χ4v) is 1.76. The Morgan fingerprint density at radius 2 is 1.88 bits per heavy atom. The van der Waals surface area contributed by atoms with Crippen molar-refractivity contribution in [3.8, 4) is 5.75 Å². The first-order valence-electron chi connectivity index (χ1n) is 6.17. The van der Waals surface area contributed by atoms with E-state index in [9.17, 15) is 0 Å². The van der Waals surface area contributed by atoms with Gasteiger partial charge in [0.15, 0.2) is 0 Å². The third-order valence-corrected chi connectivity index (χ3v) is 3.46. The molecule has 16 heavy (non-hydrogen) atoms. The van der Waals surface area contributed by atoms with Crippen LogP contribution in [0.25, 0.3) is 0 Å². The summed E-state index contributed by atoms with van der Waals surface area (Å²) in [6, 6.07) is 8.48. The highest BCUT2D eigenvalue weighted by atomic mass is 16.5. The summed E-state index contributed by atoms with van der Waals surface area (Å²) in [5.74, 6) is 2.04. The molecule has 88 valence electrons. The molecule has 0 radical (unpaired) electrons. The van der Waals surface area contributed by atoms with Gasteiger partial charge < -0.3 is 10.5 Å². The maximum Gasteiger partial charge on any atom is 0.119 e. The van der Waals surface area contributed by atoms with Gasteiger partial charge in [0, 0.05) is 0 Å². The first kappa shape index (κ1) is 11.5. The zero-order valence-electron chi connectivity index (χ0n) is 10.1. The zero-order valence-corrected chi connectivity index (χ0v) is 10.1. The van der Waals surface area contributed by atoms with E-state index in [1.165, 1.54) is 18.4 Å². The quantitative estimate of drug-likeness (QED) is 0.826. The molecule has 2 rings (SSSR count). The standard InChI is InChI=1S/C14H21NO/c1-10(9-15)11(2)12-3-5-13(6-4-12)16-14-7-8-14/h3-6,10-11,14H,7-9,15H2,1-2H3. The topological polar surface area (TPSA) is 35.2 Å². The molecule has 2 heteroatoms. The van der Waals surface area contributed by atoms with E-state index in [-0.39, 0.29) is 0 Å². The minimum Gasteiger partial charge on any atom is -0.490 e. The summed E-state index contributed by atoms with van der Waals surface area (Å²) in [7, 11) is 0. The monoisotopic (exact) mass is 219 g/mol. The van der Waals surface area contributed by atoms with Gasteiger partial charge in [0.1, 0.15) is 5.75 Å². The first-order chi connectivity index (χ1) is 7.70. The lowest BCUT2D eigenvalue weighted by atomic mass is 9.89. The third-order valence-electron chi connectivity index (χ3n) is 3.46. The van der Waals surface area contributed by atoms with Gasteiger partial charge in [0.2, 0.25) is 0 Å². The summed E-state index contributed by atoms with van der Waals surface area (Å²) < 4.78 is 5.72. The minimum atomic E-state index is 0.478. The van der Waals surface area contributed by atoms with Crippen LogP contribution in [0.1, 0.15) is 38.2 Å². The van der Waals surface area contributed by atoms with Gasteiger partial charge in [-0.3, -0.25) is 0 Å². The van der Waals surface area contributed by atoms with Gasteiger partial charge in [0.25, 0.3) is 0 Å². The molecule has 1 aliphatic rings. The molecule has 0 spiro atoms. The first-order valence-corrected chi connectivity index (χ1v) is 6.17. The molecule has 0 amide bonds. The Morgan fingerprint density at radius 1 is 1.25 bits per heavy atom. The lowest BCUT2D eigenvalue weighted by Gasteiger charge is -2.18. The molecule has 0 saturated heterocycles. The Balaban J connectivity index is 1.99. The lowest BCUT2D eigenvalue weighted by molar-refractivity contribution is 0.303. The van der Waals surface area contributed by atoms with Crippen molar-refractivity contribution in [2.45, 2.75) is 38.7 Å². The Hall–Kier alpha value is -1.02. The summed E-state index contributed by atoms with van der Waals surface area (Å²) in [5.41, 5.74) is 7.04. The second-order valence-corrected chi connectivity index (χ2v) is 4.89. The van der Waals surface area contributed by atoms with E-state index in [2.05, 4.69) is 38.1 Å². The normalized spacial score (nSPS) is 19.2. The fourth-order valence-electron chi connectivity index (χ4n) is 1.76. The van der Waals surface area contributed by atoms with Crippen LogP contribution < -0.4 is 10.5 Å². The molecule has 2 atom stereocenters. The maximum atomic E-state index is 5.72. The molecule has 1 aliphatic carbocycles. The summed E-state index contributed by atoms with van der Waals surface area (Å²) >= 11 is 0. The number of hydrogen-bond donors (Lipinski definition) is 1. The van der Waals surface area contributed by atoms with Gasteiger partial charge >= 0.3 is 0 Å². The van der Waals surface area contributed by atoms with Crippen molar-refractivity contribution < 1.29 is 4.74 Å². The largest absolute Gasteiger partial charge is 0.490 e. The fraction of sp³-hybridized carbons (Fsp3) is 0.571. The summed E-state index contributed by atoms with van der Waals surface area (Å²) in [6.07, 6.45) is 2.90. The molecule has 1 aromatic rings. The number of nitrogens with two attached hydrogens (primary N) is 1. The van der Waals surface area contributed by atoms with Crippen molar-refractivity contribution in [1.29, 1.82) is 0 Å². The molecule has 2 N–H and O–H groups in total. The van der Waals surface area contributed by atoms with Crippen LogP contribution in [0.3, 0.4) is 0 Å². The van der Waals surface area contributed by atoms with Crippen LogP contribution in [-0.4, -0.2) is 12.6 Å². The van der Waals surface area contributed by atoms with Crippen LogP contribution in [0.4, 0.5) is 0 Å². The number of benzene rings is 1. The second kappa shape index (κ2) is 4.88. The minimum absolute atomic E-state index is 0.478. The molecule has 0 aliphatic heterocycles. The molecule has 1 fully saturated rings. The number of rotatable bonds is 5. The van der Waals surface area contributed by atoms with E-state index >= 15 is 0 Å². The molecule has 2 nitrogen and oxygen atoms in total. The van der Waals surface area contributed by atoms with E-state index in [1.807, 2.05) is 0 Å². The van der Waals surface area contributed by atoms with Crippen LogP contribution >= 0.6 is 0 Å². The SMILES string of the molecule is CC(CN)C(C)c1ccc(OC2CC2)cc1. The Bertz CT molecular complexity index is 329. The highest BCUT2D eigenvalue weighted by Gasteiger charge is 2.23. The molecule has 2 unspecified atom stereocenters. The van der Waals surface area contributed by atoms with E-state index in [0.717, 1.165) is 12.3 Å². The number of hydrogen-bond acceptors (Lipinski definition) is 2. The molecular weight excluding hydrogens is 198 g/mol. The van der Waals surface area contributed by atoms with E-state index in [4.69, 9.17) is 10.5 Å².